The molecule has 8 bridgehead atoms. The van der Waals surface area contributed by atoms with Crippen LogP contribution in [0.1, 0.15) is 22.8 Å². The Morgan fingerprint density at radius 2 is 0.482 bits per heavy atom. The number of nitrogens with zero attached hydrogens (tertiary/aromatic N) is 2. The van der Waals surface area contributed by atoms with Gasteiger partial charge in [-0.1, -0.05) is 48.5 Å². The summed E-state index contributed by atoms with van der Waals surface area (Å²) in [7, 11) is 0. The van der Waals surface area contributed by atoms with Crippen LogP contribution in [0.2, 0.25) is 0 Å². The van der Waals surface area contributed by atoms with E-state index in [1.54, 1.807) is 0 Å². The van der Waals surface area contributed by atoms with Crippen molar-refractivity contribution in [1.29, 1.82) is 0 Å². The number of nitrogens with two attached hydrogens (primary N) is 4. The number of fused-ring (bicyclic) bond motifs is 8. The van der Waals surface area contributed by atoms with Gasteiger partial charge in [0.1, 0.15) is 0 Å². The smallest absolute Gasteiger partial charge is 0.0737 e. The van der Waals surface area contributed by atoms with Crippen LogP contribution in [-0.2, 0) is 0 Å². The van der Waals surface area contributed by atoms with Gasteiger partial charge in [-0.15, -0.1) is 49.6 Å². The van der Waals surface area contributed by atoms with E-state index in [2.05, 4.69) is 58.5 Å². The molecule has 8 nitrogen and oxygen atoms in total. The molecule has 4 aromatic carbocycles. The number of nitrogen functional groups attached to an aromatic ring is 4. The van der Waals surface area contributed by atoms with Crippen LogP contribution in [0.15, 0.2) is 121 Å². The molecule has 7 aromatic rings. The van der Waals surface area contributed by atoms with Crippen molar-refractivity contribution >= 4 is 119 Å². The van der Waals surface area contributed by atoms with E-state index in [0.717, 1.165) is 89.4 Å². The van der Waals surface area contributed by atoms with Gasteiger partial charge in [0.25, 0.3) is 0 Å². The molecular weight excluding hydrogens is 782 g/mol. The fourth-order valence-electron chi connectivity index (χ4n) is 7.02. The van der Waals surface area contributed by atoms with Gasteiger partial charge >= 0.3 is 0 Å². The maximum absolute atomic E-state index is 6.15. The van der Waals surface area contributed by atoms with Gasteiger partial charge in [0.2, 0.25) is 0 Å². The molecule has 0 saturated carbocycles. The van der Waals surface area contributed by atoms with E-state index in [9.17, 15) is 0 Å². The lowest BCUT2D eigenvalue weighted by atomic mass is 10.0. The second-order valence-electron chi connectivity index (χ2n) is 13.0. The largest absolute Gasteiger partial charge is 0.399 e. The molecule has 0 aliphatic carbocycles. The molecular formula is C44H38Cl4N8. The first-order valence-corrected chi connectivity index (χ1v) is 17.0. The van der Waals surface area contributed by atoms with E-state index < -0.39 is 0 Å². The Morgan fingerprint density at radius 1 is 0.286 bits per heavy atom. The summed E-state index contributed by atoms with van der Waals surface area (Å²) in [6.07, 6.45) is 8.29. The first kappa shape index (κ1) is 41.0. The Bertz CT molecular complexity index is 2380. The van der Waals surface area contributed by atoms with Gasteiger partial charge in [-0.25, -0.2) is 9.97 Å². The van der Waals surface area contributed by atoms with E-state index in [4.69, 9.17) is 32.9 Å². The number of H-pyrrole nitrogens is 2. The number of rotatable bonds is 4. The highest BCUT2D eigenvalue weighted by atomic mass is 35.5. The maximum Gasteiger partial charge on any atom is 0.0737 e. The minimum absolute atomic E-state index is 0. The van der Waals surface area contributed by atoms with Crippen molar-refractivity contribution in [3.8, 4) is 44.5 Å². The number of aromatic nitrogens is 4. The van der Waals surface area contributed by atoms with Crippen molar-refractivity contribution in [2.75, 3.05) is 22.9 Å². The first-order chi connectivity index (χ1) is 25.4. The molecule has 0 unspecified atom stereocenters. The summed E-state index contributed by atoms with van der Waals surface area (Å²) in [4.78, 5) is 18.2. The van der Waals surface area contributed by atoms with Crippen molar-refractivity contribution in [3.05, 3.63) is 144 Å². The molecule has 0 radical (unpaired) electrons. The van der Waals surface area contributed by atoms with Crippen LogP contribution >= 0.6 is 49.6 Å². The summed E-state index contributed by atoms with van der Waals surface area (Å²) >= 11 is 0. The minimum Gasteiger partial charge on any atom is -0.399 e. The SMILES string of the molecule is Cl.Cl.Cl.Cl.Nc1ccc(-c2c3nc(c(-c4ccc(N)cc4)c4ccc([nH]4)c(-c4ccc(N)cc4)c4nc(c(-c5ccc(N)cc5)c5ccc2[nH]5)C=C4)C=C3)cc1. The molecule has 3 aromatic heterocycles. The molecule has 2 aliphatic heterocycles. The molecule has 0 fully saturated rings. The van der Waals surface area contributed by atoms with Crippen LogP contribution in [0.3, 0.4) is 0 Å². The van der Waals surface area contributed by atoms with E-state index in [1.165, 1.54) is 0 Å². The molecule has 0 spiro atoms. The van der Waals surface area contributed by atoms with E-state index in [0.29, 0.717) is 22.7 Å². The zero-order valence-corrected chi connectivity index (χ0v) is 33.0. The minimum atomic E-state index is 0. The van der Waals surface area contributed by atoms with Gasteiger partial charge in [0, 0.05) is 67.1 Å². The third-order valence-electron chi connectivity index (χ3n) is 9.55. The van der Waals surface area contributed by atoms with Gasteiger partial charge in [-0.05, 0) is 119 Å². The highest BCUT2D eigenvalue weighted by Crippen LogP contribution is 2.38. The summed E-state index contributed by atoms with van der Waals surface area (Å²) in [5.41, 5.74) is 41.9. The number of hydrogen-bond acceptors (Lipinski definition) is 6. The van der Waals surface area contributed by atoms with Crippen LogP contribution in [0.5, 0.6) is 0 Å². The Balaban J connectivity index is 0.00000150. The Labute approximate surface area is 348 Å². The van der Waals surface area contributed by atoms with Gasteiger partial charge in [0.15, 0.2) is 0 Å². The zero-order valence-electron chi connectivity index (χ0n) is 29.7. The number of anilines is 4. The van der Waals surface area contributed by atoms with Gasteiger partial charge in [-0.2, -0.15) is 0 Å². The predicted octanol–water partition coefficient (Wildman–Crippen LogP) is 11.3. The molecule has 9 rings (SSSR count). The lowest BCUT2D eigenvalue weighted by Gasteiger charge is -2.07. The molecule has 0 saturated heterocycles. The third-order valence-corrected chi connectivity index (χ3v) is 9.55. The number of hydrogen-bond donors (Lipinski definition) is 6. The van der Waals surface area contributed by atoms with Gasteiger partial charge < -0.3 is 32.9 Å². The topological polar surface area (TPSA) is 161 Å². The van der Waals surface area contributed by atoms with Crippen molar-refractivity contribution in [1.82, 2.24) is 19.9 Å². The van der Waals surface area contributed by atoms with Gasteiger partial charge in [0.05, 0.1) is 22.8 Å². The summed E-state index contributed by atoms with van der Waals surface area (Å²) in [5, 5.41) is 0. The van der Waals surface area contributed by atoms with Crippen LogP contribution < -0.4 is 22.9 Å². The van der Waals surface area contributed by atoms with Gasteiger partial charge in [-0.3, -0.25) is 0 Å². The quantitative estimate of drug-likeness (QED) is 0.0969. The summed E-state index contributed by atoms with van der Waals surface area (Å²) in [5.74, 6) is 0. The zero-order chi connectivity index (χ0) is 35.3. The van der Waals surface area contributed by atoms with E-state index in [-0.39, 0.29) is 49.6 Å². The highest BCUT2D eigenvalue weighted by molar-refractivity contribution is 6.00. The van der Waals surface area contributed by atoms with Crippen LogP contribution in [0.25, 0.3) is 90.9 Å². The fourth-order valence-corrected chi connectivity index (χ4v) is 7.02. The molecule has 2 aliphatic rings. The molecule has 56 heavy (non-hydrogen) atoms. The van der Waals surface area contributed by atoms with Crippen molar-refractivity contribution in [3.63, 3.8) is 0 Å². The lowest BCUT2D eigenvalue weighted by Crippen LogP contribution is -1.91. The number of aromatic amines is 2. The van der Waals surface area contributed by atoms with E-state index in [1.807, 2.05) is 97.1 Å². The van der Waals surface area contributed by atoms with E-state index >= 15 is 0 Å². The summed E-state index contributed by atoms with van der Waals surface area (Å²) in [6, 6.07) is 40.0. The van der Waals surface area contributed by atoms with Crippen LogP contribution in [0.4, 0.5) is 22.7 Å². The molecule has 282 valence electrons. The average molecular weight is 821 g/mol. The first-order valence-electron chi connectivity index (χ1n) is 17.0. The molecule has 12 heteroatoms. The molecule has 0 atom stereocenters. The predicted molar refractivity (Wildman–Crippen MR) is 247 cm³/mol. The second kappa shape index (κ2) is 16.7. The Hall–Kier alpha value is -6.16. The van der Waals surface area contributed by atoms with Crippen LogP contribution in [-0.4, -0.2) is 19.9 Å². The molecule has 0 amide bonds. The third kappa shape index (κ3) is 7.56. The molecule has 5 heterocycles. The fraction of sp³-hybridized carbons (Fsp3) is 0. The van der Waals surface area contributed by atoms with Crippen molar-refractivity contribution in [2.45, 2.75) is 0 Å². The Kier molecular flexibility index (Phi) is 12.2. The summed E-state index contributed by atoms with van der Waals surface area (Å²) in [6.45, 7) is 0. The lowest BCUT2D eigenvalue weighted by molar-refractivity contribution is 1.31. The standard InChI is InChI=1S/C44H34N8.4ClH/c45-29-9-1-25(2-10-29)41-33-17-19-35(49-33)42(26-3-11-30(46)12-4-26)37-21-23-39(51-37)44(28-7-15-32(48)16-8-28)40-24-22-38(52-40)43(36-20-18-34(41)50-36)27-5-13-31(47)14-6-27;;;;/h1-24,49,52H,45-48H2;4*1H. The number of nitrogens with one attached hydrogen (secondary N) is 2. The monoisotopic (exact) mass is 818 g/mol. The highest BCUT2D eigenvalue weighted by Gasteiger charge is 2.19. The maximum atomic E-state index is 6.15. The average Bonchev–Trinajstić information content (AvgIpc) is 3.99. The second-order valence-corrected chi connectivity index (χ2v) is 13.0. The number of benzene rings is 4. The normalized spacial score (nSPS) is 11.1. The van der Waals surface area contributed by atoms with Crippen molar-refractivity contribution < 1.29 is 0 Å². The van der Waals surface area contributed by atoms with Crippen molar-refractivity contribution in [2.24, 2.45) is 0 Å². The Morgan fingerprint density at radius 3 is 0.679 bits per heavy atom. The molecule has 10 N–H and O–H groups in total. The summed E-state index contributed by atoms with van der Waals surface area (Å²) < 4.78 is 0. The van der Waals surface area contributed by atoms with Crippen LogP contribution in [0, 0.1) is 0 Å². The number of halogens is 4.